The van der Waals surface area contributed by atoms with Crippen molar-refractivity contribution in [1.29, 1.82) is 0 Å². The summed E-state index contributed by atoms with van der Waals surface area (Å²) in [7, 11) is 0. The van der Waals surface area contributed by atoms with Crippen molar-refractivity contribution in [2.24, 2.45) is 0 Å². The minimum Gasteiger partial charge on any atom is -0.325 e. The quantitative estimate of drug-likeness (QED) is 0.816. The third-order valence-electron chi connectivity index (χ3n) is 3.36. The van der Waals surface area contributed by atoms with Crippen molar-refractivity contribution in [1.82, 2.24) is 0 Å². The van der Waals surface area contributed by atoms with Crippen LogP contribution in [0.3, 0.4) is 0 Å². The Balaban J connectivity index is 1.80. The number of anilines is 1. The van der Waals surface area contributed by atoms with E-state index in [0.717, 1.165) is 11.3 Å². The van der Waals surface area contributed by atoms with Crippen LogP contribution in [0.5, 0.6) is 0 Å². The van der Waals surface area contributed by atoms with Gasteiger partial charge in [-0.05, 0) is 37.1 Å². The highest BCUT2D eigenvalue weighted by atomic mass is 32.2. The highest BCUT2D eigenvalue weighted by molar-refractivity contribution is 8.00. The Labute approximate surface area is 140 Å². The molecule has 2 rings (SSSR count). The van der Waals surface area contributed by atoms with Crippen LogP contribution in [0, 0.1) is 12.7 Å². The van der Waals surface area contributed by atoms with Crippen LogP contribution in [0.1, 0.15) is 18.1 Å². The van der Waals surface area contributed by atoms with Crippen molar-refractivity contribution in [2.45, 2.75) is 19.1 Å². The van der Waals surface area contributed by atoms with Gasteiger partial charge in [-0.15, -0.1) is 11.8 Å². The minimum atomic E-state index is -0.311. The summed E-state index contributed by atoms with van der Waals surface area (Å²) >= 11 is 1.54. The van der Waals surface area contributed by atoms with Crippen LogP contribution < -0.4 is 5.32 Å². The lowest BCUT2D eigenvalue weighted by Gasteiger charge is -2.11. The lowest BCUT2D eigenvalue weighted by molar-refractivity contribution is -0.115. The normalized spacial score (nSPS) is 12.3. The molecule has 0 aliphatic rings. The van der Waals surface area contributed by atoms with Crippen LogP contribution >= 0.6 is 11.8 Å². The van der Waals surface area contributed by atoms with Gasteiger partial charge in [0.05, 0.1) is 5.25 Å². The topological polar surface area (TPSA) is 29.1 Å². The van der Waals surface area contributed by atoms with Gasteiger partial charge in [-0.2, -0.15) is 0 Å². The van der Waals surface area contributed by atoms with E-state index in [1.54, 1.807) is 19.1 Å². The number of aryl methyl sites for hydroxylation is 1. The van der Waals surface area contributed by atoms with E-state index in [1.807, 2.05) is 49.4 Å². The molecule has 0 bridgehead atoms. The summed E-state index contributed by atoms with van der Waals surface area (Å²) < 4.78 is 13.5. The van der Waals surface area contributed by atoms with E-state index >= 15 is 0 Å². The molecule has 0 radical (unpaired) electrons. The highest BCUT2D eigenvalue weighted by Crippen LogP contribution is 2.17. The number of hydrogen-bond donors (Lipinski definition) is 1. The van der Waals surface area contributed by atoms with Gasteiger partial charge >= 0.3 is 0 Å². The lowest BCUT2D eigenvalue weighted by atomic mass is 10.2. The lowest BCUT2D eigenvalue weighted by Crippen LogP contribution is -2.22. The van der Waals surface area contributed by atoms with Crippen molar-refractivity contribution in [3.63, 3.8) is 0 Å². The maximum Gasteiger partial charge on any atom is 0.237 e. The van der Waals surface area contributed by atoms with Crippen molar-refractivity contribution in [3.05, 3.63) is 71.6 Å². The van der Waals surface area contributed by atoms with E-state index in [1.165, 1.54) is 17.8 Å². The molecule has 0 fully saturated rings. The van der Waals surface area contributed by atoms with Crippen molar-refractivity contribution < 1.29 is 9.18 Å². The fraction of sp³-hybridized carbons (Fsp3) is 0.211. The van der Waals surface area contributed by atoms with Crippen molar-refractivity contribution >= 4 is 29.4 Å². The number of nitrogens with one attached hydrogen (secondary N) is 1. The van der Waals surface area contributed by atoms with Gasteiger partial charge in [0.2, 0.25) is 5.91 Å². The molecule has 0 spiro atoms. The molecule has 1 atom stereocenters. The van der Waals surface area contributed by atoms with Crippen LogP contribution in [0.15, 0.2) is 54.6 Å². The Kier molecular flexibility index (Phi) is 6.41. The molecule has 120 valence electrons. The van der Waals surface area contributed by atoms with Crippen LogP contribution in [0.2, 0.25) is 0 Å². The molecular formula is C19H20FNOS. The third kappa shape index (κ3) is 5.57. The van der Waals surface area contributed by atoms with Crippen LogP contribution in [0.4, 0.5) is 10.1 Å². The number of halogens is 1. The number of benzene rings is 2. The Morgan fingerprint density at radius 3 is 2.70 bits per heavy atom. The number of amides is 1. The van der Waals surface area contributed by atoms with Gasteiger partial charge in [0.1, 0.15) is 5.82 Å². The molecule has 2 aromatic carbocycles. The summed E-state index contributed by atoms with van der Waals surface area (Å²) in [5.41, 5.74) is 2.20. The first-order valence-electron chi connectivity index (χ1n) is 7.46. The molecule has 0 saturated heterocycles. The average Bonchev–Trinajstić information content (AvgIpc) is 2.55. The zero-order valence-electron chi connectivity index (χ0n) is 13.3. The second kappa shape index (κ2) is 8.53. The highest BCUT2D eigenvalue weighted by Gasteiger charge is 2.13. The molecule has 0 unspecified atom stereocenters. The SMILES string of the molecule is Cc1ccc(NC(=O)[C@H](C)SC/C=C/c2ccccc2)cc1F. The molecule has 2 nitrogen and oxygen atoms in total. The fourth-order valence-electron chi connectivity index (χ4n) is 1.94. The van der Waals surface area contributed by atoms with Gasteiger partial charge in [0, 0.05) is 11.4 Å². The standard InChI is InChI=1S/C19H20FNOS/c1-14-10-11-17(13-18(14)20)21-19(22)15(2)23-12-6-9-16-7-4-3-5-8-16/h3-11,13,15H,12H2,1-2H3,(H,21,22)/b9-6+/t15-/m0/s1. The Bertz CT molecular complexity index is 685. The molecule has 1 amide bonds. The van der Waals surface area contributed by atoms with Gasteiger partial charge in [0.15, 0.2) is 0 Å². The summed E-state index contributed by atoms with van der Waals surface area (Å²) in [5.74, 6) is 0.311. The smallest absolute Gasteiger partial charge is 0.237 e. The average molecular weight is 329 g/mol. The summed E-state index contributed by atoms with van der Waals surface area (Å²) in [6.07, 6.45) is 4.07. The number of thioether (sulfide) groups is 1. The molecule has 2 aromatic rings. The second-order valence-corrected chi connectivity index (χ2v) is 6.62. The molecule has 0 aliphatic heterocycles. The Morgan fingerprint density at radius 2 is 2.00 bits per heavy atom. The summed E-state index contributed by atoms with van der Waals surface area (Å²) in [4.78, 5) is 12.1. The Morgan fingerprint density at radius 1 is 1.26 bits per heavy atom. The number of rotatable bonds is 6. The predicted octanol–water partition coefficient (Wildman–Crippen LogP) is 4.91. The third-order valence-corrected chi connectivity index (χ3v) is 4.46. The van der Waals surface area contributed by atoms with Crippen LogP contribution in [-0.4, -0.2) is 16.9 Å². The molecule has 0 heterocycles. The predicted molar refractivity (Wildman–Crippen MR) is 97.2 cm³/mol. The zero-order chi connectivity index (χ0) is 16.7. The van der Waals surface area contributed by atoms with Gasteiger partial charge in [0.25, 0.3) is 0 Å². The maximum atomic E-state index is 13.5. The molecule has 23 heavy (non-hydrogen) atoms. The maximum absolute atomic E-state index is 13.5. The number of hydrogen-bond acceptors (Lipinski definition) is 2. The number of carbonyl (C=O) groups excluding carboxylic acids is 1. The van der Waals surface area contributed by atoms with Crippen LogP contribution in [0.25, 0.3) is 6.08 Å². The first-order chi connectivity index (χ1) is 11.1. The molecule has 0 aromatic heterocycles. The van der Waals surface area contributed by atoms with Gasteiger partial charge in [-0.3, -0.25) is 4.79 Å². The molecular weight excluding hydrogens is 309 g/mol. The largest absolute Gasteiger partial charge is 0.325 e. The monoisotopic (exact) mass is 329 g/mol. The minimum absolute atomic E-state index is 0.119. The molecule has 4 heteroatoms. The fourth-order valence-corrected chi connectivity index (χ4v) is 2.64. The summed E-state index contributed by atoms with van der Waals surface area (Å²) in [6.45, 7) is 3.54. The van der Waals surface area contributed by atoms with E-state index in [2.05, 4.69) is 5.32 Å². The first-order valence-corrected chi connectivity index (χ1v) is 8.51. The van der Waals surface area contributed by atoms with E-state index in [9.17, 15) is 9.18 Å². The first kappa shape index (κ1) is 17.3. The molecule has 0 aliphatic carbocycles. The molecule has 0 saturated carbocycles. The van der Waals surface area contributed by atoms with E-state index < -0.39 is 0 Å². The zero-order valence-corrected chi connectivity index (χ0v) is 14.1. The van der Waals surface area contributed by atoms with E-state index in [4.69, 9.17) is 0 Å². The van der Waals surface area contributed by atoms with Gasteiger partial charge in [-0.1, -0.05) is 48.6 Å². The van der Waals surface area contributed by atoms with Crippen molar-refractivity contribution in [3.8, 4) is 0 Å². The Hall–Kier alpha value is -2.07. The van der Waals surface area contributed by atoms with Crippen molar-refractivity contribution in [2.75, 3.05) is 11.1 Å². The number of carbonyl (C=O) groups is 1. The molecule has 1 N–H and O–H groups in total. The second-order valence-electron chi connectivity index (χ2n) is 5.24. The van der Waals surface area contributed by atoms with Crippen LogP contribution in [-0.2, 0) is 4.79 Å². The van der Waals surface area contributed by atoms with Gasteiger partial charge < -0.3 is 5.32 Å². The van der Waals surface area contributed by atoms with E-state index in [-0.39, 0.29) is 17.0 Å². The van der Waals surface area contributed by atoms with Gasteiger partial charge in [-0.25, -0.2) is 4.39 Å². The van der Waals surface area contributed by atoms with E-state index in [0.29, 0.717) is 11.3 Å². The summed E-state index contributed by atoms with van der Waals surface area (Å²) in [5, 5.41) is 2.54. The summed E-state index contributed by atoms with van der Waals surface area (Å²) in [6, 6.07) is 14.7.